The second kappa shape index (κ2) is 4.33. The van der Waals surface area contributed by atoms with Crippen molar-refractivity contribution in [3.05, 3.63) is 35.9 Å². The molecule has 1 heterocycles. The number of aromatic carboxylic acids is 1. The molecule has 0 saturated carbocycles. The largest absolute Gasteiger partial charge is 0.545 e. The van der Waals surface area contributed by atoms with Crippen LogP contribution < -0.4 is 14.7 Å². The Balaban J connectivity index is 2.48. The van der Waals surface area contributed by atoms with E-state index in [0.29, 0.717) is 0 Å². The number of nitrogens with zero attached hydrogens (tertiary/aromatic N) is 1. The fourth-order valence-electron chi connectivity index (χ4n) is 1.63. The summed E-state index contributed by atoms with van der Waals surface area (Å²) in [5.41, 5.74) is 0.102. The summed E-state index contributed by atoms with van der Waals surface area (Å²) in [5, 5.41) is 10.7. The number of benzene rings is 1. The van der Waals surface area contributed by atoms with Gasteiger partial charge >= 0.3 is 0 Å². The number of carbonyl (C=O) groups excluding carboxylic acids is 3. The maximum atomic E-state index is 11.5. The van der Waals surface area contributed by atoms with Gasteiger partial charge in [-0.3, -0.25) is 9.59 Å². The number of hydrogen-bond acceptors (Lipinski definition) is 5. The molecule has 6 heteroatoms. The predicted octanol–water partition coefficient (Wildman–Crippen LogP) is -0.512. The summed E-state index contributed by atoms with van der Waals surface area (Å²) in [4.78, 5) is 34.6. The molecule has 0 saturated heterocycles. The molecule has 0 radical (unpaired) electrons. The topological polar surface area (TPSA) is 86.7 Å². The Morgan fingerprint density at radius 1 is 1.22 bits per heavy atom. The second-order valence-electron chi connectivity index (χ2n) is 3.52. The van der Waals surface area contributed by atoms with Gasteiger partial charge < -0.3 is 14.6 Å². The Labute approximate surface area is 102 Å². The molecule has 1 aromatic rings. The van der Waals surface area contributed by atoms with Gasteiger partial charge in [0.1, 0.15) is 5.75 Å². The molecule has 6 nitrogen and oxygen atoms in total. The van der Waals surface area contributed by atoms with Gasteiger partial charge in [0.2, 0.25) is 0 Å². The first-order valence-corrected chi connectivity index (χ1v) is 5.00. The van der Waals surface area contributed by atoms with Crippen molar-refractivity contribution in [2.24, 2.45) is 0 Å². The molecule has 0 N–H and O–H groups in total. The van der Waals surface area contributed by atoms with Gasteiger partial charge in [-0.05, 0) is 12.1 Å². The summed E-state index contributed by atoms with van der Waals surface area (Å²) in [6.45, 7) is 0. The van der Waals surface area contributed by atoms with Gasteiger partial charge in [-0.15, -0.1) is 0 Å². The van der Waals surface area contributed by atoms with Gasteiger partial charge in [0, 0.05) is 17.7 Å². The normalized spacial score (nSPS) is 14.2. The van der Waals surface area contributed by atoms with Crippen LogP contribution in [-0.4, -0.2) is 24.9 Å². The molecule has 1 aliphatic rings. The lowest BCUT2D eigenvalue weighted by Crippen LogP contribution is -2.30. The standard InChI is InChI=1S/C12H9NO5/c1-18-9-6-7(12(16)17)2-3-8(9)13-10(14)4-5-11(13)15/h2-6H,1H3,(H,16,17)/p-1. The van der Waals surface area contributed by atoms with Crippen molar-refractivity contribution in [3.8, 4) is 5.75 Å². The van der Waals surface area contributed by atoms with Crippen LogP contribution in [0.15, 0.2) is 30.4 Å². The molecule has 0 atom stereocenters. The van der Waals surface area contributed by atoms with Crippen LogP contribution in [0.5, 0.6) is 5.75 Å². The van der Waals surface area contributed by atoms with Gasteiger partial charge in [-0.1, -0.05) is 6.07 Å². The van der Waals surface area contributed by atoms with Crippen molar-refractivity contribution < 1.29 is 24.2 Å². The molecule has 2 amide bonds. The van der Waals surface area contributed by atoms with Gasteiger partial charge in [-0.2, -0.15) is 0 Å². The molecule has 0 unspecified atom stereocenters. The fraction of sp³-hybridized carbons (Fsp3) is 0.0833. The van der Waals surface area contributed by atoms with Crippen molar-refractivity contribution in [1.82, 2.24) is 0 Å². The van der Waals surface area contributed by atoms with Crippen LogP contribution in [0.3, 0.4) is 0 Å². The Kier molecular flexibility index (Phi) is 2.85. The lowest BCUT2D eigenvalue weighted by atomic mass is 10.1. The number of carboxylic acids is 1. The maximum Gasteiger partial charge on any atom is 0.258 e. The van der Waals surface area contributed by atoms with Gasteiger partial charge in [0.15, 0.2) is 0 Å². The van der Waals surface area contributed by atoms with Crippen LogP contribution >= 0.6 is 0 Å². The lowest BCUT2D eigenvalue weighted by molar-refractivity contribution is -0.255. The third-order valence-electron chi connectivity index (χ3n) is 2.47. The van der Waals surface area contributed by atoms with E-state index in [9.17, 15) is 19.5 Å². The molecule has 18 heavy (non-hydrogen) atoms. The van der Waals surface area contributed by atoms with Crippen molar-refractivity contribution in [2.45, 2.75) is 0 Å². The Bertz CT molecular complexity index is 558. The molecule has 0 bridgehead atoms. The van der Waals surface area contributed by atoms with Gasteiger partial charge in [-0.25, -0.2) is 4.90 Å². The van der Waals surface area contributed by atoms with E-state index in [4.69, 9.17) is 4.74 Å². The highest BCUT2D eigenvalue weighted by Crippen LogP contribution is 2.31. The zero-order chi connectivity index (χ0) is 13.3. The van der Waals surface area contributed by atoms with Crippen LogP contribution in [0.1, 0.15) is 10.4 Å². The molecule has 2 rings (SSSR count). The Hall–Kier alpha value is -2.63. The van der Waals surface area contributed by atoms with E-state index in [1.165, 1.54) is 25.3 Å². The number of carboxylic acid groups (broad SMARTS) is 1. The molecule has 1 aliphatic heterocycles. The number of methoxy groups -OCH3 is 1. The summed E-state index contributed by atoms with van der Waals surface area (Å²) in [5.74, 6) is -2.25. The van der Waals surface area contributed by atoms with Crippen LogP contribution in [0.2, 0.25) is 0 Å². The number of anilines is 1. The van der Waals surface area contributed by atoms with Crippen molar-refractivity contribution in [1.29, 1.82) is 0 Å². The average Bonchev–Trinajstić information content (AvgIpc) is 2.68. The highest BCUT2D eigenvalue weighted by Gasteiger charge is 2.27. The minimum absolute atomic E-state index is 0.0948. The van der Waals surface area contributed by atoms with E-state index < -0.39 is 17.8 Å². The predicted molar refractivity (Wildman–Crippen MR) is 59.0 cm³/mol. The number of rotatable bonds is 3. The zero-order valence-corrected chi connectivity index (χ0v) is 9.38. The van der Waals surface area contributed by atoms with Crippen LogP contribution in [0.4, 0.5) is 5.69 Å². The van der Waals surface area contributed by atoms with Crippen molar-refractivity contribution >= 4 is 23.5 Å². The quantitative estimate of drug-likeness (QED) is 0.670. The van der Waals surface area contributed by atoms with E-state index in [1.54, 1.807) is 0 Å². The van der Waals surface area contributed by atoms with E-state index >= 15 is 0 Å². The van der Waals surface area contributed by atoms with Crippen LogP contribution in [0.25, 0.3) is 0 Å². The highest BCUT2D eigenvalue weighted by molar-refractivity contribution is 6.28. The van der Waals surface area contributed by atoms with Gasteiger partial charge in [0.05, 0.1) is 18.8 Å². The summed E-state index contributed by atoms with van der Waals surface area (Å²) >= 11 is 0. The van der Waals surface area contributed by atoms with E-state index in [0.717, 1.165) is 17.1 Å². The number of amides is 2. The van der Waals surface area contributed by atoms with Crippen LogP contribution in [-0.2, 0) is 9.59 Å². The third-order valence-corrected chi connectivity index (χ3v) is 2.47. The maximum absolute atomic E-state index is 11.5. The summed E-state index contributed by atoms with van der Waals surface area (Å²) < 4.78 is 4.98. The molecule has 0 aliphatic carbocycles. The monoisotopic (exact) mass is 246 g/mol. The molecular formula is C12H8NO5-. The summed E-state index contributed by atoms with van der Waals surface area (Å²) in [7, 11) is 1.32. The fourth-order valence-corrected chi connectivity index (χ4v) is 1.63. The number of imide groups is 1. The minimum atomic E-state index is -1.36. The first-order chi connectivity index (χ1) is 8.54. The lowest BCUT2D eigenvalue weighted by Gasteiger charge is -2.18. The smallest absolute Gasteiger partial charge is 0.258 e. The zero-order valence-electron chi connectivity index (χ0n) is 9.38. The molecule has 0 aromatic heterocycles. The summed E-state index contributed by atoms with van der Waals surface area (Å²) in [6.07, 6.45) is 2.27. The van der Waals surface area contributed by atoms with Gasteiger partial charge in [0.25, 0.3) is 11.8 Å². The van der Waals surface area contributed by atoms with Crippen molar-refractivity contribution in [3.63, 3.8) is 0 Å². The number of carbonyl (C=O) groups is 3. The number of hydrogen-bond donors (Lipinski definition) is 0. The van der Waals surface area contributed by atoms with Crippen molar-refractivity contribution in [2.75, 3.05) is 12.0 Å². The molecular weight excluding hydrogens is 238 g/mol. The minimum Gasteiger partial charge on any atom is -0.545 e. The molecule has 92 valence electrons. The first kappa shape index (κ1) is 11.8. The third kappa shape index (κ3) is 1.84. The Morgan fingerprint density at radius 3 is 2.33 bits per heavy atom. The molecule has 0 fully saturated rings. The number of ether oxygens (including phenoxy) is 1. The average molecular weight is 246 g/mol. The SMILES string of the molecule is COc1cc(C(=O)[O-])ccc1N1C(=O)C=CC1=O. The molecule has 1 aromatic carbocycles. The van der Waals surface area contributed by atoms with E-state index in [1.807, 2.05) is 0 Å². The first-order valence-electron chi connectivity index (χ1n) is 5.00. The highest BCUT2D eigenvalue weighted by atomic mass is 16.5. The van der Waals surface area contributed by atoms with Crippen LogP contribution in [0, 0.1) is 0 Å². The summed E-state index contributed by atoms with van der Waals surface area (Å²) in [6, 6.07) is 3.77. The Morgan fingerprint density at radius 2 is 1.83 bits per heavy atom. The molecule has 0 spiro atoms. The van der Waals surface area contributed by atoms with E-state index in [-0.39, 0.29) is 17.0 Å². The second-order valence-corrected chi connectivity index (χ2v) is 3.52. The van der Waals surface area contributed by atoms with E-state index in [2.05, 4.69) is 0 Å².